The molecular formula is C22H27N3O4. The highest BCUT2D eigenvalue weighted by Gasteiger charge is 2.35. The van der Waals surface area contributed by atoms with E-state index in [0.29, 0.717) is 24.2 Å². The van der Waals surface area contributed by atoms with Crippen molar-refractivity contribution < 1.29 is 19.2 Å². The van der Waals surface area contributed by atoms with Crippen LogP contribution in [0.4, 0.5) is 5.69 Å². The molecule has 1 aromatic heterocycles. The number of nitrogens with one attached hydrogen (secondary N) is 1. The number of nitrogens with zero attached hydrogens (tertiary/aromatic N) is 2. The maximum atomic E-state index is 13.0. The van der Waals surface area contributed by atoms with Gasteiger partial charge in [-0.05, 0) is 44.4 Å². The third kappa shape index (κ3) is 4.19. The second-order valence-corrected chi connectivity index (χ2v) is 8.32. The Hall–Kier alpha value is -2.67. The molecule has 2 aliphatic rings. The number of aromatic nitrogens is 1. The second kappa shape index (κ2) is 7.99. The fourth-order valence-corrected chi connectivity index (χ4v) is 3.97. The number of carbonyl (C=O) groups excluding carboxylic acids is 2. The highest BCUT2D eigenvalue weighted by molar-refractivity contribution is 5.98. The molecule has 2 N–H and O–H groups in total. The van der Waals surface area contributed by atoms with Crippen molar-refractivity contribution in [3.8, 4) is 0 Å². The van der Waals surface area contributed by atoms with Gasteiger partial charge in [-0.2, -0.15) is 0 Å². The van der Waals surface area contributed by atoms with Crippen molar-refractivity contribution in [1.29, 1.82) is 0 Å². The Morgan fingerprint density at radius 2 is 2.03 bits per heavy atom. The molecule has 0 spiro atoms. The summed E-state index contributed by atoms with van der Waals surface area (Å²) in [6, 6.07) is 7.23. The average Bonchev–Trinajstić information content (AvgIpc) is 3.21. The second-order valence-electron chi connectivity index (χ2n) is 8.32. The Morgan fingerprint density at radius 1 is 1.24 bits per heavy atom. The highest BCUT2D eigenvalue weighted by atomic mass is 16.5. The van der Waals surface area contributed by atoms with E-state index in [-0.39, 0.29) is 30.2 Å². The Balaban J connectivity index is 1.43. The van der Waals surface area contributed by atoms with Gasteiger partial charge in [0.15, 0.2) is 0 Å². The molecule has 1 aliphatic heterocycles. The Labute approximate surface area is 170 Å². The zero-order chi connectivity index (χ0) is 20.5. The van der Waals surface area contributed by atoms with Crippen molar-refractivity contribution in [3.63, 3.8) is 0 Å². The third-order valence-electron chi connectivity index (χ3n) is 6.05. The number of aryl methyl sites for hydroxylation is 2. The van der Waals surface area contributed by atoms with Gasteiger partial charge >= 0.3 is 0 Å². The first-order chi connectivity index (χ1) is 13.9. The predicted molar refractivity (Wildman–Crippen MR) is 107 cm³/mol. The molecule has 29 heavy (non-hydrogen) atoms. The third-order valence-corrected chi connectivity index (χ3v) is 6.05. The van der Waals surface area contributed by atoms with Crippen LogP contribution in [-0.2, 0) is 11.2 Å². The van der Waals surface area contributed by atoms with Gasteiger partial charge in [0.25, 0.3) is 5.91 Å². The molecule has 2 amide bonds. The summed E-state index contributed by atoms with van der Waals surface area (Å²) in [4.78, 5) is 27.0. The smallest absolute Gasteiger partial charge is 0.254 e. The van der Waals surface area contributed by atoms with Crippen molar-refractivity contribution in [3.05, 3.63) is 46.8 Å². The number of β-amino-alcohol motifs (C(OH)–C–C–N with tert-alkyl or cyclic N) is 1. The number of anilines is 1. The fraction of sp³-hybridized carbons (Fsp3) is 0.500. The van der Waals surface area contributed by atoms with Crippen LogP contribution >= 0.6 is 0 Å². The van der Waals surface area contributed by atoms with Crippen LogP contribution in [0.25, 0.3) is 0 Å². The minimum atomic E-state index is -0.604. The van der Waals surface area contributed by atoms with Crippen LogP contribution < -0.4 is 5.32 Å². The number of benzene rings is 1. The molecule has 1 saturated carbocycles. The predicted octanol–water partition coefficient (Wildman–Crippen LogP) is 2.71. The molecule has 2 atom stereocenters. The number of amides is 2. The monoisotopic (exact) mass is 397 g/mol. The van der Waals surface area contributed by atoms with E-state index in [1.54, 1.807) is 17.0 Å². The molecule has 2 aromatic rings. The standard InChI is InChI=1S/C22H27N3O4/c1-13-6-7-16(10-19(13)23-21(27)15-4-3-5-15)22(28)25-11-17(20(26)12-25)9-18-8-14(2)24-29-18/h6-8,10,15,17,20,26H,3-5,9,11-12H2,1-2H3,(H,23,27)/t17-,20+/m1/s1. The topological polar surface area (TPSA) is 95.7 Å². The van der Waals surface area contributed by atoms with Gasteiger partial charge in [-0.15, -0.1) is 0 Å². The largest absolute Gasteiger partial charge is 0.391 e. The molecule has 0 unspecified atom stereocenters. The van der Waals surface area contributed by atoms with Gasteiger partial charge in [0.2, 0.25) is 5.91 Å². The van der Waals surface area contributed by atoms with Gasteiger partial charge < -0.3 is 19.8 Å². The number of hydrogen-bond acceptors (Lipinski definition) is 5. The van der Waals surface area contributed by atoms with Crippen molar-refractivity contribution in [1.82, 2.24) is 10.1 Å². The number of aliphatic hydroxyl groups is 1. The molecule has 154 valence electrons. The Morgan fingerprint density at radius 3 is 2.69 bits per heavy atom. The van der Waals surface area contributed by atoms with Gasteiger partial charge in [0.05, 0.1) is 11.8 Å². The van der Waals surface area contributed by atoms with Crippen LogP contribution in [0.15, 0.2) is 28.8 Å². The van der Waals surface area contributed by atoms with Crippen molar-refractivity contribution in [2.75, 3.05) is 18.4 Å². The molecule has 1 aliphatic carbocycles. The SMILES string of the molecule is Cc1cc(C[C@@H]2CN(C(=O)c3ccc(C)c(NC(=O)C4CCC4)c3)C[C@@H]2O)on1. The maximum Gasteiger partial charge on any atom is 0.254 e. The van der Waals surface area contributed by atoms with Crippen LogP contribution in [0.2, 0.25) is 0 Å². The first-order valence-electron chi connectivity index (χ1n) is 10.2. The van der Waals surface area contributed by atoms with Crippen LogP contribution in [0.5, 0.6) is 0 Å². The summed E-state index contributed by atoms with van der Waals surface area (Å²) >= 11 is 0. The van der Waals surface area contributed by atoms with Crippen LogP contribution in [0, 0.1) is 25.7 Å². The zero-order valence-electron chi connectivity index (χ0n) is 16.9. The molecule has 2 fully saturated rings. The van der Waals surface area contributed by atoms with Crippen LogP contribution in [-0.4, -0.2) is 46.2 Å². The van der Waals surface area contributed by atoms with E-state index in [0.717, 1.165) is 36.3 Å². The van der Waals surface area contributed by atoms with Crippen LogP contribution in [0.3, 0.4) is 0 Å². The van der Waals surface area contributed by atoms with E-state index >= 15 is 0 Å². The summed E-state index contributed by atoms with van der Waals surface area (Å²) in [6.45, 7) is 4.51. The molecule has 4 rings (SSSR count). The van der Waals surface area contributed by atoms with E-state index < -0.39 is 6.10 Å². The summed E-state index contributed by atoms with van der Waals surface area (Å²) in [6.07, 6.45) is 2.90. The maximum absolute atomic E-state index is 13.0. The van der Waals surface area contributed by atoms with E-state index in [1.807, 2.05) is 26.0 Å². The minimum absolute atomic E-state index is 0.0305. The summed E-state index contributed by atoms with van der Waals surface area (Å²) in [5.41, 5.74) is 2.93. The average molecular weight is 397 g/mol. The van der Waals surface area contributed by atoms with Gasteiger partial charge in [0.1, 0.15) is 5.76 Å². The Kier molecular flexibility index (Phi) is 5.41. The molecular weight excluding hydrogens is 370 g/mol. The first-order valence-corrected chi connectivity index (χ1v) is 10.2. The molecule has 1 aromatic carbocycles. The normalized spacial score (nSPS) is 21.8. The molecule has 7 nitrogen and oxygen atoms in total. The Bertz CT molecular complexity index is 919. The molecule has 0 radical (unpaired) electrons. The van der Waals surface area contributed by atoms with Crippen LogP contribution in [0.1, 0.15) is 46.6 Å². The summed E-state index contributed by atoms with van der Waals surface area (Å²) in [5.74, 6) is 0.608. The van der Waals surface area contributed by atoms with E-state index in [9.17, 15) is 14.7 Å². The van der Waals surface area contributed by atoms with E-state index in [2.05, 4.69) is 10.5 Å². The highest BCUT2D eigenvalue weighted by Crippen LogP contribution is 2.29. The van der Waals surface area contributed by atoms with Gasteiger partial charge in [0, 0.05) is 48.7 Å². The number of carbonyl (C=O) groups is 2. The van der Waals surface area contributed by atoms with Gasteiger partial charge in [-0.1, -0.05) is 17.6 Å². The van der Waals surface area contributed by atoms with E-state index in [1.165, 1.54) is 0 Å². The van der Waals surface area contributed by atoms with E-state index in [4.69, 9.17) is 4.52 Å². The quantitative estimate of drug-likeness (QED) is 0.809. The zero-order valence-corrected chi connectivity index (χ0v) is 16.9. The summed E-state index contributed by atoms with van der Waals surface area (Å²) in [7, 11) is 0. The lowest BCUT2D eigenvalue weighted by Crippen LogP contribution is -2.30. The number of hydrogen-bond donors (Lipinski definition) is 2. The lowest BCUT2D eigenvalue weighted by molar-refractivity contribution is -0.122. The first kappa shape index (κ1) is 19.6. The minimum Gasteiger partial charge on any atom is -0.391 e. The number of rotatable bonds is 5. The summed E-state index contributed by atoms with van der Waals surface area (Å²) < 4.78 is 5.25. The van der Waals surface area contributed by atoms with Gasteiger partial charge in [-0.25, -0.2) is 0 Å². The lowest BCUT2D eigenvalue weighted by Gasteiger charge is -2.24. The molecule has 0 bridgehead atoms. The lowest BCUT2D eigenvalue weighted by atomic mass is 9.84. The molecule has 7 heteroatoms. The summed E-state index contributed by atoms with van der Waals surface area (Å²) in [5, 5.41) is 17.3. The van der Waals surface area contributed by atoms with Gasteiger partial charge in [-0.3, -0.25) is 9.59 Å². The van der Waals surface area contributed by atoms with Crippen molar-refractivity contribution in [2.45, 2.75) is 45.6 Å². The molecule has 2 heterocycles. The van der Waals surface area contributed by atoms with Crippen molar-refractivity contribution >= 4 is 17.5 Å². The van der Waals surface area contributed by atoms with Crippen molar-refractivity contribution in [2.24, 2.45) is 11.8 Å². The fourth-order valence-electron chi connectivity index (χ4n) is 3.97. The number of likely N-dealkylation sites (tertiary alicyclic amines) is 1. The molecule has 1 saturated heterocycles. The number of aliphatic hydroxyl groups excluding tert-OH is 1.